The van der Waals surface area contributed by atoms with E-state index in [9.17, 15) is 24.3 Å². The van der Waals surface area contributed by atoms with E-state index < -0.39 is 42.0 Å². The van der Waals surface area contributed by atoms with Gasteiger partial charge in [0.15, 0.2) is 0 Å². The van der Waals surface area contributed by atoms with E-state index in [0.29, 0.717) is 25.8 Å². The molecule has 1 saturated heterocycles. The van der Waals surface area contributed by atoms with Crippen LogP contribution in [0, 0.1) is 11.8 Å². The topological polar surface area (TPSA) is 142 Å². The maximum absolute atomic E-state index is 12.8. The first kappa shape index (κ1) is 25.2. The van der Waals surface area contributed by atoms with Crippen molar-refractivity contribution < 1.29 is 24.3 Å². The summed E-state index contributed by atoms with van der Waals surface area (Å²) in [5, 5.41) is 14.3. The Morgan fingerprint density at radius 3 is 2.28 bits per heavy atom. The highest BCUT2D eigenvalue weighted by molar-refractivity contribution is 7.80. The molecular weight excluding hydrogens is 396 g/mol. The van der Waals surface area contributed by atoms with E-state index >= 15 is 0 Å². The lowest BCUT2D eigenvalue weighted by Gasteiger charge is -2.29. The van der Waals surface area contributed by atoms with Gasteiger partial charge < -0.3 is 26.4 Å². The minimum atomic E-state index is -1.15. The summed E-state index contributed by atoms with van der Waals surface area (Å²) in [6.07, 6.45) is 1.68. The van der Waals surface area contributed by atoms with Crippen LogP contribution in [0.2, 0.25) is 0 Å². The Labute approximate surface area is 177 Å². The molecule has 3 amide bonds. The third kappa shape index (κ3) is 7.18. The summed E-state index contributed by atoms with van der Waals surface area (Å²) in [5.74, 6) is -2.57. The third-order valence-electron chi connectivity index (χ3n) is 4.93. The number of likely N-dealkylation sites (tertiary alicyclic amines) is 1. The summed E-state index contributed by atoms with van der Waals surface area (Å²) in [7, 11) is 0. The van der Waals surface area contributed by atoms with Crippen LogP contribution in [0.15, 0.2) is 0 Å². The standard InChI is InChI=1S/C19H34N4O5S/c1-10(2)8-12(20)18(26)23-7-5-6-14(23)17(25)21-13(9-29)16(24)22-15(11(3)4)19(27)28/h10-15,29H,5-9,20H2,1-4H3,(H,21,25)(H,22,24)(H,27,28). The number of carboxylic acids is 1. The van der Waals surface area contributed by atoms with Crippen molar-refractivity contribution in [1.82, 2.24) is 15.5 Å². The van der Waals surface area contributed by atoms with Crippen LogP contribution < -0.4 is 16.4 Å². The SMILES string of the molecule is CC(C)CC(N)C(=O)N1CCCC1C(=O)NC(CS)C(=O)NC(C(=O)O)C(C)C. The van der Waals surface area contributed by atoms with Gasteiger partial charge in [0.2, 0.25) is 17.7 Å². The van der Waals surface area contributed by atoms with Crippen molar-refractivity contribution in [2.24, 2.45) is 17.6 Å². The highest BCUT2D eigenvalue weighted by atomic mass is 32.1. The maximum Gasteiger partial charge on any atom is 0.326 e. The average Bonchev–Trinajstić information content (AvgIpc) is 3.11. The Morgan fingerprint density at radius 2 is 1.79 bits per heavy atom. The molecule has 0 aromatic carbocycles. The van der Waals surface area contributed by atoms with Gasteiger partial charge in [-0.25, -0.2) is 4.79 Å². The molecule has 4 unspecified atom stereocenters. The number of carboxylic acid groups (broad SMARTS) is 1. The first-order valence-corrected chi connectivity index (χ1v) is 10.6. The molecule has 9 nitrogen and oxygen atoms in total. The Morgan fingerprint density at radius 1 is 1.17 bits per heavy atom. The van der Waals surface area contributed by atoms with Crippen LogP contribution in [-0.2, 0) is 19.2 Å². The number of hydrogen-bond donors (Lipinski definition) is 5. The van der Waals surface area contributed by atoms with E-state index in [1.165, 1.54) is 4.90 Å². The molecule has 0 aliphatic carbocycles. The van der Waals surface area contributed by atoms with Gasteiger partial charge in [0.05, 0.1) is 6.04 Å². The van der Waals surface area contributed by atoms with Crippen LogP contribution in [0.25, 0.3) is 0 Å². The van der Waals surface area contributed by atoms with E-state index in [1.54, 1.807) is 13.8 Å². The van der Waals surface area contributed by atoms with Gasteiger partial charge in [-0.15, -0.1) is 0 Å². The van der Waals surface area contributed by atoms with Gasteiger partial charge >= 0.3 is 5.97 Å². The molecule has 1 aliphatic heterocycles. The van der Waals surface area contributed by atoms with E-state index in [0.717, 1.165) is 0 Å². The molecule has 0 aromatic rings. The number of nitrogens with one attached hydrogen (secondary N) is 2. The molecule has 1 aliphatic rings. The van der Waals surface area contributed by atoms with Crippen molar-refractivity contribution in [3.8, 4) is 0 Å². The largest absolute Gasteiger partial charge is 0.480 e. The molecule has 166 valence electrons. The van der Waals surface area contributed by atoms with Gasteiger partial charge in [0, 0.05) is 12.3 Å². The molecule has 0 radical (unpaired) electrons. The highest BCUT2D eigenvalue weighted by Gasteiger charge is 2.38. The minimum absolute atomic E-state index is 0.00443. The van der Waals surface area contributed by atoms with E-state index in [-0.39, 0.29) is 23.5 Å². The molecule has 10 heteroatoms. The number of thiol groups is 1. The van der Waals surface area contributed by atoms with Crippen LogP contribution in [0.3, 0.4) is 0 Å². The summed E-state index contributed by atoms with van der Waals surface area (Å²) >= 11 is 4.11. The summed E-state index contributed by atoms with van der Waals surface area (Å²) in [4.78, 5) is 50.6. The van der Waals surface area contributed by atoms with E-state index in [2.05, 4.69) is 23.3 Å². The lowest BCUT2D eigenvalue weighted by Crippen LogP contribution is -2.57. The second-order valence-electron chi connectivity index (χ2n) is 8.24. The number of amides is 3. The van der Waals surface area contributed by atoms with Gasteiger partial charge in [-0.05, 0) is 31.1 Å². The van der Waals surface area contributed by atoms with Gasteiger partial charge in [-0.1, -0.05) is 27.7 Å². The molecule has 1 rings (SSSR count). The predicted octanol–water partition coefficient (Wildman–Crippen LogP) is -0.00920. The number of nitrogens with zero attached hydrogens (tertiary/aromatic N) is 1. The molecule has 0 spiro atoms. The smallest absolute Gasteiger partial charge is 0.326 e. The summed E-state index contributed by atoms with van der Waals surface area (Å²) in [6, 6.07) is -3.44. The first-order valence-electron chi connectivity index (χ1n) is 10.00. The quantitative estimate of drug-likeness (QED) is 0.309. The fraction of sp³-hybridized carbons (Fsp3) is 0.789. The van der Waals surface area contributed by atoms with Crippen LogP contribution in [0.5, 0.6) is 0 Å². The fourth-order valence-electron chi connectivity index (χ4n) is 3.35. The van der Waals surface area contributed by atoms with E-state index in [1.807, 2.05) is 13.8 Å². The van der Waals surface area contributed by atoms with Gasteiger partial charge in [-0.3, -0.25) is 14.4 Å². The van der Waals surface area contributed by atoms with Crippen molar-refractivity contribution in [2.45, 2.75) is 71.1 Å². The Balaban J connectivity index is 2.79. The van der Waals surface area contributed by atoms with Crippen molar-refractivity contribution >= 4 is 36.3 Å². The van der Waals surface area contributed by atoms with Gasteiger partial charge in [0.1, 0.15) is 18.1 Å². The van der Waals surface area contributed by atoms with Crippen molar-refractivity contribution in [1.29, 1.82) is 0 Å². The van der Waals surface area contributed by atoms with Crippen molar-refractivity contribution in [3.63, 3.8) is 0 Å². The number of carbonyl (C=O) groups is 4. The fourth-order valence-corrected chi connectivity index (χ4v) is 3.61. The number of carbonyl (C=O) groups excluding carboxylic acids is 3. The second kappa shape index (κ2) is 11.4. The molecule has 29 heavy (non-hydrogen) atoms. The summed E-state index contributed by atoms with van der Waals surface area (Å²) in [5.41, 5.74) is 5.99. The Kier molecular flexibility index (Phi) is 9.91. The average molecular weight is 431 g/mol. The molecule has 0 saturated carbocycles. The van der Waals surface area contributed by atoms with Gasteiger partial charge in [-0.2, -0.15) is 12.6 Å². The number of aliphatic carboxylic acids is 1. The number of hydrogen-bond acceptors (Lipinski definition) is 6. The number of nitrogens with two attached hydrogens (primary N) is 1. The third-order valence-corrected chi connectivity index (χ3v) is 5.29. The Bertz CT molecular complexity index is 613. The molecular formula is C19H34N4O5S. The van der Waals surface area contributed by atoms with Gasteiger partial charge in [0.25, 0.3) is 0 Å². The van der Waals surface area contributed by atoms with Crippen LogP contribution >= 0.6 is 12.6 Å². The highest BCUT2D eigenvalue weighted by Crippen LogP contribution is 2.20. The monoisotopic (exact) mass is 430 g/mol. The van der Waals surface area contributed by atoms with Crippen LogP contribution in [-0.4, -0.2) is 70.2 Å². The molecule has 0 aromatic heterocycles. The maximum atomic E-state index is 12.8. The lowest BCUT2D eigenvalue weighted by molar-refractivity contribution is -0.144. The van der Waals surface area contributed by atoms with Crippen molar-refractivity contribution in [2.75, 3.05) is 12.3 Å². The minimum Gasteiger partial charge on any atom is -0.480 e. The normalized spacial score (nSPS) is 19.7. The zero-order valence-electron chi connectivity index (χ0n) is 17.6. The summed E-state index contributed by atoms with van der Waals surface area (Å²) in [6.45, 7) is 7.73. The zero-order chi connectivity index (χ0) is 22.3. The summed E-state index contributed by atoms with van der Waals surface area (Å²) < 4.78 is 0. The van der Waals surface area contributed by atoms with Crippen LogP contribution in [0.1, 0.15) is 47.0 Å². The molecule has 0 bridgehead atoms. The number of rotatable bonds is 10. The predicted molar refractivity (Wildman–Crippen MR) is 112 cm³/mol. The van der Waals surface area contributed by atoms with E-state index in [4.69, 9.17) is 5.73 Å². The molecule has 1 heterocycles. The molecule has 4 atom stereocenters. The zero-order valence-corrected chi connectivity index (χ0v) is 18.4. The Hall–Kier alpha value is -1.81. The lowest BCUT2D eigenvalue weighted by atomic mass is 10.0. The second-order valence-corrected chi connectivity index (χ2v) is 8.60. The molecule has 1 fully saturated rings. The van der Waals surface area contributed by atoms with Crippen LogP contribution in [0.4, 0.5) is 0 Å². The first-order chi connectivity index (χ1) is 13.5. The molecule has 5 N–H and O–H groups in total. The van der Waals surface area contributed by atoms with Crippen molar-refractivity contribution in [3.05, 3.63) is 0 Å².